The number of hydrogen-bond acceptors (Lipinski definition) is 7. The average Bonchev–Trinajstić information content (AvgIpc) is 3.25. The summed E-state index contributed by atoms with van der Waals surface area (Å²) in [7, 11) is -3.18. The molecule has 1 amide bonds. The van der Waals surface area contributed by atoms with Gasteiger partial charge in [0.05, 0.1) is 29.1 Å². The largest absolute Gasteiger partial charge is 0.465 e. The molecule has 2 saturated heterocycles. The van der Waals surface area contributed by atoms with Gasteiger partial charge in [-0.25, -0.2) is 13.4 Å². The molecule has 2 aliphatic rings. The smallest absolute Gasteiger partial charge is 0.273 e. The lowest BCUT2D eigenvalue weighted by Gasteiger charge is -2.43. The summed E-state index contributed by atoms with van der Waals surface area (Å²) in [4.78, 5) is 21.0. The maximum Gasteiger partial charge on any atom is 0.273 e. The molecule has 2 atom stereocenters. The zero-order valence-electron chi connectivity index (χ0n) is 14.7. The summed E-state index contributed by atoms with van der Waals surface area (Å²) in [5.74, 6) is 1.58. The van der Waals surface area contributed by atoms with E-state index in [-0.39, 0.29) is 29.5 Å². The normalized spacial score (nSPS) is 25.4. The van der Waals surface area contributed by atoms with Crippen molar-refractivity contribution in [1.82, 2.24) is 14.8 Å². The second kappa shape index (κ2) is 6.47. The molecule has 7 nitrogen and oxygen atoms in total. The van der Waals surface area contributed by atoms with Crippen molar-refractivity contribution in [2.24, 2.45) is 0 Å². The lowest BCUT2D eigenvalue weighted by atomic mass is 10.0. The average molecular weight is 396 g/mol. The molecule has 0 saturated carbocycles. The fraction of sp³-hybridized carbons (Fsp3) is 0.529. The van der Waals surface area contributed by atoms with Gasteiger partial charge in [-0.2, -0.15) is 0 Å². The Labute approximate surface area is 156 Å². The van der Waals surface area contributed by atoms with Crippen LogP contribution in [0, 0.1) is 13.8 Å². The van der Waals surface area contributed by atoms with Gasteiger partial charge in [-0.05, 0) is 26.0 Å². The van der Waals surface area contributed by atoms with Gasteiger partial charge in [0, 0.05) is 24.5 Å². The molecule has 2 aromatic rings. The number of rotatable bonds is 3. The molecule has 4 rings (SSSR count). The molecule has 26 heavy (non-hydrogen) atoms. The Morgan fingerprint density at radius 1 is 1.27 bits per heavy atom. The number of fused-ring (bicyclic) bond motifs is 1. The third-order valence-electron chi connectivity index (χ3n) is 5.04. The molecule has 0 aliphatic carbocycles. The number of sulfone groups is 1. The van der Waals surface area contributed by atoms with Crippen molar-refractivity contribution >= 4 is 27.1 Å². The Balaban J connectivity index is 1.58. The van der Waals surface area contributed by atoms with Crippen molar-refractivity contribution in [3.63, 3.8) is 0 Å². The van der Waals surface area contributed by atoms with Crippen LogP contribution in [0.15, 0.2) is 21.9 Å². The molecule has 9 heteroatoms. The van der Waals surface area contributed by atoms with E-state index in [1.54, 1.807) is 10.3 Å². The number of carbonyl (C=O) groups excluding carboxylic acids is 1. The van der Waals surface area contributed by atoms with Crippen LogP contribution in [0.2, 0.25) is 0 Å². The molecular weight excluding hydrogens is 374 g/mol. The molecule has 0 spiro atoms. The molecule has 0 radical (unpaired) electrons. The van der Waals surface area contributed by atoms with Crippen LogP contribution in [0.5, 0.6) is 0 Å². The Morgan fingerprint density at radius 2 is 2.04 bits per heavy atom. The number of amides is 1. The van der Waals surface area contributed by atoms with Crippen LogP contribution in [-0.4, -0.2) is 65.8 Å². The molecule has 0 bridgehead atoms. The Hall–Kier alpha value is -1.71. The van der Waals surface area contributed by atoms with E-state index in [1.807, 2.05) is 26.0 Å². The maximum absolute atomic E-state index is 12.9. The molecule has 0 unspecified atom stereocenters. The van der Waals surface area contributed by atoms with Crippen molar-refractivity contribution in [3.05, 3.63) is 39.7 Å². The van der Waals surface area contributed by atoms with Gasteiger partial charge < -0.3 is 9.32 Å². The zero-order chi connectivity index (χ0) is 18.5. The predicted octanol–water partition coefficient (Wildman–Crippen LogP) is 1.48. The van der Waals surface area contributed by atoms with E-state index in [9.17, 15) is 13.2 Å². The van der Waals surface area contributed by atoms with Crippen LogP contribution >= 0.6 is 11.3 Å². The second-order valence-corrected chi connectivity index (χ2v) is 10.2. The van der Waals surface area contributed by atoms with Crippen molar-refractivity contribution in [2.45, 2.75) is 32.5 Å². The topological polar surface area (TPSA) is 83.7 Å². The maximum atomic E-state index is 12.9. The highest BCUT2D eigenvalue weighted by Gasteiger charge is 2.48. The predicted molar refractivity (Wildman–Crippen MR) is 98.0 cm³/mol. The summed E-state index contributed by atoms with van der Waals surface area (Å²) in [5.41, 5.74) is 0.408. The van der Waals surface area contributed by atoms with Crippen LogP contribution < -0.4 is 0 Å². The molecule has 2 fully saturated rings. The van der Waals surface area contributed by atoms with Crippen LogP contribution in [0.3, 0.4) is 0 Å². The van der Waals surface area contributed by atoms with Crippen molar-refractivity contribution in [3.8, 4) is 0 Å². The number of nitrogens with zero attached hydrogens (tertiary/aromatic N) is 3. The van der Waals surface area contributed by atoms with E-state index in [4.69, 9.17) is 4.42 Å². The minimum Gasteiger partial charge on any atom is -0.465 e. The number of thiazole rings is 1. The third kappa shape index (κ3) is 3.30. The minimum atomic E-state index is -3.18. The number of piperazine rings is 1. The lowest BCUT2D eigenvalue weighted by molar-refractivity contribution is 0.0281. The summed E-state index contributed by atoms with van der Waals surface area (Å²) < 4.78 is 30.3. The first-order chi connectivity index (χ1) is 12.3. The standard InChI is InChI=1S/C17H21N3O4S2/c1-11-3-4-13(24-11)7-19-5-6-20(16-10-26(22,23)9-15(16)19)17(21)14-8-25-12(2)18-14/h3-4,8,15-16H,5-7,9-10H2,1-2H3/t15-,16+/m1/s1. The number of aryl methyl sites for hydroxylation is 2. The van der Waals surface area contributed by atoms with Crippen molar-refractivity contribution in [1.29, 1.82) is 0 Å². The summed E-state index contributed by atoms with van der Waals surface area (Å²) in [6.07, 6.45) is 0. The highest BCUT2D eigenvalue weighted by atomic mass is 32.2. The molecule has 0 N–H and O–H groups in total. The van der Waals surface area contributed by atoms with Crippen LogP contribution in [0.25, 0.3) is 0 Å². The first-order valence-corrected chi connectivity index (χ1v) is 11.3. The Morgan fingerprint density at radius 3 is 2.69 bits per heavy atom. The number of furan rings is 1. The Kier molecular flexibility index (Phi) is 4.40. The van der Waals surface area contributed by atoms with Crippen molar-refractivity contribution in [2.75, 3.05) is 24.6 Å². The van der Waals surface area contributed by atoms with Gasteiger partial charge in [0.2, 0.25) is 0 Å². The summed E-state index contributed by atoms with van der Waals surface area (Å²) in [5, 5.41) is 2.57. The monoisotopic (exact) mass is 395 g/mol. The van der Waals surface area contributed by atoms with E-state index in [2.05, 4.69) is 9.88 Å². The van der Waals surface area contributed by atoms with Crippen LogP contribution in [0.1, 0.15) is 27.0 Å². The van der Waals surface area contributed by atoms with Gasteiger partial charge in [0.1, 0.15) is 17.2 Å². The van der Waals surface area contributed by atoms with E-state index in [0.29, 0.717) is 25.3 Å². The molecule has 2 aliphatic heterocycles. The fourth-order valence-corrected chi connectivity index (χ4v) is 6.45. The van der Waals surface area contributed by atoms with E-state index < -0.39 is 9.84 Å². The minimum absolute atomic E-state index is 0.0141. The highest BCUT2D eigenvalue weighted by molar-refractivity contribution is 7.91. The lowest BCUT2D eigenvalue weighted by Crippen LogP contribution is -2.60. The van der Waals surface area contributed by atoms with Gasteiger partial charge in [0.25, 0.3) is 5.91 Å². The molecule has 0 aromatic carbocycles. The molecular formula is C17H21N3O4S2. The van der Waals surface area contributed by atoms with E-state index in [0.717, 1.165) is 16.5 Å². The number of hydrogen-bond donors (Lipinski definition) is 0. The van der Waals surface area contributed by atoms with Crippen LogP contribution in [0.4, 0.5) is 0 Å². The number of carbonyl (C=O) groups is 1. The first kappa shape index (κ1) is 17.7. The van der Waals surface area contributed by atoms with Crippen LogP contribution in [-0.2, 0) is 16.4 Å². The van der Waals surface area contributed by atoms with Gasteiger partial charge in [-0.15, -0.1) is 11.3 Å². The molecule has 2 aromatic heterocycles. The zero-order valence-corrected chi connectivity index (χ0v) is 16.3. The quantitative estimate of drug-likeness (QED) is 0.783. The van der Waals surface area contributed by atoms with Crippen molar-refractivity contribution < 1.29 is 17.6 Å². The fourth-order valence-electron chi connectivity index (χ4n) is 3.85. The summed E-state index contributed by atoms with van der Waals surface area (Å²) in [6, 6.07) is 3.29. The van der Waals surface area contributed by atoms with Gasteiger partial charge in [-0.1, -0.05) is 0 Å². The summed E-state index contributed by atoms with van der Waals surface area (Å²) in [6.45, 7) is 5.41. The van der Waals surface area contributed by atoms with E-state index in [1.165, 1.54) is 11.3 Å². The number of aromatic nitrogens is 1. The van der Waals surface area contributed by atoms with E-state index >= 15 is 0 Å². The second-order valence-electron chi connectivity index (χ2n) is 6.94. The Bertz CT molecular complexity index is 933. The van der Waals surface area contributed by atoms with Gasteiger partial charge >= 0.3 is 0 Å². The van der Waals surface area contributed by atoms with Gasteiger partial charge in [0.15, 0.2) is 9.84 Å². The first-order valence-electron chi connectivity index (χ1n) is 8.55. The highest BCUT2D eigenvalue weighted by Crippen LogP contribution is 2.29. The summed E-state index contributed by atoms with van der Waals surface area (Å²) >= 11 is 1.43. The SMILES string of the molecule is Cc1ccc(CN2CCN(C(=O)c3csc(C)n3)[C@H]3CS(=O)(=O)C[C@H]32)o1. The molecule has 140 valence electrons. The molecule has 4 heterocycles. The third-order valence-corrected chi connectivity index (χ3v) is 7.52. The van der Waals surface area contributed by atoms with Gasteiger partial charge in [-0.3, -0.25) is 9.69 Å².